The summed E-state index contributed by atoms with van der Waals surface area (Å²) in [6.45, 7) is 7.53. The number of fused-ring (bicyclic) bond motifs is 1. The van der Waals surface area contributed by atoms with Gasteiger partial charge in [0.15, 0.2) is 0 Å². The van der Waals surface area contributed by atoms with E-state index in [1.807, 2.05) is 18.2 Å². The fourth-order valence-corrected chi connectivity index (χ4v) is 2.21. The highest BCUT2D eigenvalue weighted by atomic mass is 16.6. The topological polar surface area (TPSA) is 70.4 Å². The molecule has 0 fully saturated rings. The monoisotopic (exact) mass is 318 g/mol. The first-order valence-electron chi connectivity index (χ1n) is 7.67. The predicted molar refractivity (Wildman–Crippen MR) is 86.3 cm³/mol. The van der Waals surface area contributed by atoms with Crippen LogP contribution in [0, 0.1) is 0 Å². The van der Waals surface area contributed by atoms with Crippen LogP contribution in [0.2, 0.25) is 0 Å². The molecule has 0 bridgehead atoms. The molecule has 23 heavy (non-hydrogen) atoms. The Balaban J connectivity index is 2.29. The quantitative estimate of drug-likeness (QED) is 0.809. The van der Waals surface area contributed by atoms with Gasteiger partial charge in [0.2, 0.25) is 0 Å². The highest BCUT2D eigenvalue weighted by Gasteiger charge is 2.22. The van der Waals surface area contributed by atoms with E-state index in [0.717, 1.165) is 5.39 Å². The van der Waals surface area contributed by atoms with Crippen LogP contribution in [0.4, 0.5) is 4.79 Å². The predicted octanol–water partition coefficient (Wildman–Crippen LogP) is 3.32. The Hall–Kier alpha value is -2.37. The second-order valence-electron chi connectivity index (χ2n) is 6.16. The van der Waals surface area contributed by atoms with E-state index in [-0.39, 0.29) is 12.4 Å². The van der Waals surface area contributed by atoms with Gasteiger partial charge in [-0.1, -0.05) is 18.2 Å². The first-order chi connectivity index (χ1) is 10.8. The third-order valence-electron chi connectivity index (χ3n) is 3.10. The Labute approximate surface area is 135 Å². The lowest BCUT2D eigenvalue weighted by Gasteiger charge is -2.19. The Bertz CT molecular complexity index is 713. The highest BCUT2D eigenvalue weighted by molar-refractivity contribution is 5.90. The third kappa shape index (κ3) is 4.31. The van der Waals surface area contributed by atoms with Crippen LogP contribution < -0.4 is 0 Å². The SMILES string of the molecule is CCOC(=O)CCc1nn(C(=O)OC(C)(C)C)c2ccccc12. The maximum atomic E-state index is 12.3. The average Bonchev–Trinajstić information content (AvgIpc) is 2.83. The molecule has 0 aliphatic heterocycles. The van der Waals surface area contributed by atoms with Crippen molar-refractivity contribution in [3.63, 3.8) is 0 Å². The molecule has 0 atom stereocenters. The van der Waals surface area contributed by atoms with Gasteiger partial charge >= 0.3 is 12.1 Å². The maximum Gasteiger partial charge on any atom is 0.435 e. The van der Waals surface area contributed by atoms with E-state index in [0.29, 0.717) is 24.2 Å². The lowest BCUT2D eigenvalue weighted by Crippen LogP contribution is -2.27. The average molecular weight is 318 g/mol. The minimum absolute atomic E-state index is 0.225. The van der Waals surface area contributed by atoms with Crippen molar-refractivity contribution in [3.05, 3.63) is 30.0 Å². The third-order valence-corrected chi connectivity index (χ3v) is 3.10. The lowest BCUT2D eigenvalue weighted by molar-refractivity contribution is -0.143. The van der Waals surface area contributed by atoms with E-state index in [1.54, 1.807) is 33.8 Å². The maximum absolute atomic E-state index is 12.3. The van der Waals surface area contributed by atoms with Gasteiger partial charge in [0.05, 0.1) is 24.2 Å². The smallest absolute Gasteiger partial charge is 0.435 e. The molecule has 0 saturated carbocycles. The molecule has 0 radical (unpaired) electrons. The van der Waals surface area contributed by atoms with Crippen molar-refractivity contribution in [2.24, 2.45) is 0 Å². The van der Waals surface area contributed by atoms with Crippen LogP contribution in [0.3, 0.4) is 0 Å². The summed E-state index contributed by atoms with van der Waals surface area (Å²) in [6.07, 6.45) is 0.106. The summed E-state index contributed by atoms with van der Waals surface area (Å²) < 4.78 is 11.6. The van der Waals surface area contributed by atoms with Crippen LogP contribution in [0.5, 0.6) is 0 Å². The molecule has 0 aliphatic carbocycles. The molecule has 2 aromatic rings. The number of benzene rings is 1. The molecular weight excluding hydrogens is 296 g/mol. The number of nitrogens with zero attached hydrogens (tertiary/aromatic N) is 2. The van der Waals surface area contributed by atoms with Gasteiger partial charge in [-0.15, -0.1) is 0 Å². The van der Waals surface area contributed by atoms with Gasteiger partial charge in [0.1, 0.15) is 5.60 Å². The molecule has 1 aromatic carbocycles. The number of para-hydroxylation sites is 1. The fraction of sp³-hybridized carbons (Fsp3) is 0.471. The van der Waals surface area contributed by atoms with Crippen molar-refractivity contribution in [3.8, 4) is 0 Å². The number of rotatable bonds is 4. The van der Waals surface area contributed by atoms with Gasteiger partial charge in [-0.25, -0.2) is 4.79 Å². The first-order valence-corrected chi connectivity index (χ1v) is 7.67. The number of hydrogen-bond acceptors (Lipinski definition) is 5. The summed E-state index contributed by atoms with van der Waals surface area (Å²) in [5.74, 6) is -0.275. The minimum atomic E-state index is -0.602. The van der Waals surface area contributed by atoms with E-state index >= 15 is 0 Å². The molecule has 1 aromatic heterocycles. The summed E-state index contributed by atoms with van der Waals surface area (Å²) in [4.78, 5) is 23.8. The number of ether oxygens (including phenoxy) is 2. The van der Waals surface area contributed by atoms with Crippen LogP contribution in [-0.4, -0.2) is 34.1 Å². The molecule has 0 spiro atoms. The molecule has 0 amide bonds. The van der Waals surface area contributed by atoms with Crippen molar-refractivity contribution >= 4 is 23.0 Å². The molecule has 2 rings (SSSR count). The molecule has 1 heterocycles. The number of aromatic nitrogens is 2. The van der Waals surface area contributed by atoms with Crippen molar-refractivity contribution in [2.45, 2.75) is 46.1 Å². The molecule has 124 valence electrons. The van der Waals surface area contributed by atoms with Crippen LogP contribution >= 0.6 is 0 Å². The first kappa shape index (κ1) is 17.0. The number of carbonyl (C=O) groups excluding carboxylic acids is 2. The van der Waals surface area contributed by atoms with Crippen LogP contribution in [-0.2, 0) is 20.7 Å². The van der Waals surface area contributed by atoms with Gasteiger partial charge in [-0.2, -0.15) is 9.78 Å². The number of aryl methyl sites for hydroxylation is 1. The fourth-order valence-electron chi connectivity index (χ4n) is 2.21. The standard InChI is InChI=1S/C17H22N2O4/c1-5-22-15(20)11-10-13-12-8-6-7-9-14(12)19(18-13)16(21)23-17(2,3)4/h6-9H,5,10-11H2,1-4H3. The molecule has 6 nitrogen and oxygen atoms in total. The molecule has 0 unspecified atom stereocenters. The summed E-state index contributed by atoms with van der Waals surface area (Å²) in [5, 5.41) is 5.18. The van der Waals surface area contributed by atoms with Crippen LogP contribution in [0.1, 0.15) is 39.8 Å². The van der Waals surface area contributed by atoms with Crippen LogP contribution in [0.25, 0.3) is 10.9 Å². The van der Waals surface area contributed by atoms with Crippen molar-refractivity contribution < 1.29 is 19.1 Å². The zero-order chi connectivity index (χ0) is 17.0. The summed E-state index contributed by atoms with van der Waals surface area (Å²) in [7, 11) is 0. The second-order valence-corrected chi connectivity index (χ2v) is 6.16. The Morgan fingerprint density at radius 2 is 1.91 bits per heavy atom. The summed E-state index contributed by atoms with van der Waals surface area (Å²) in [6, 6.07) is 7.39. The van der Waals surface area contributed by atoms with Crippen molar-refractivity contribution in [1.29, 1.82) is 0 Å². The Morgan fingerprint density at radius 1 is 1.22 bits per heavy atom. The van der Waals surface area contributed by atoms with Crippen LogP contribution in [0.15, 0.2) is 24.3 Å². The largest absolute Gasteiger partial charge is 0.466 e. The Kier molecular flexibility index (Phi) is 5.03. The summed E-state index contributed by atoms with van der Waals surface area (Å²) in [5.41, 5.74) is 0.745. The lowest BCUT2D eigenvalue weighted by atomic mass is 10.1. The molecular formula is C17H22N2O4. The van der Waals surface area contributed by atoms with E-state index < -0.39 is 11.7 Å². The minimum Gasteiger partial charge on any atom is -0.466 e. The number of esters is 1. The highest BCUT2D eigenvalue weighted by Crippen LogP contribution is 2.21. The van der Waals surface area contributed by atoms with Gasteiger partial charge in [-0.05, 0) is 33.8 Å². The second kappa shape index (κ2) is 6.81. The molecule has 0 aliphatic rings. The van der Waals surface area contributed by atoms with E-state index in [9.17, 15) is 9.59 Å². The Morgan fingerprint density at radius 3 is 2.57 bits per heavy atom. The van der Waals surface area contributed by atoms with Crippen molar-refractivity contribution in [2.75, 3.05) is 6.61 Å². The molecule has 0 N–H and O–H groups in total. The zero-order valence-corrected chi connectivity index (χ0v) is 14.0. The van der Waals surface area contributed by atoms with Crippen molar-refractivity contribution in [1.82, 2.24) is 9.78 Å². The normalized spacial score (nSPS) is 11.5. The van der Waals surface area contributed by atoms with E-state index in [4.69, 9.17) is 9.47 Å². The summed E-state index contributed by atoms with van der Waals surface area (Å²) >= 11 is 0. The zero-order valence-electron chi connectivity index (χ0n) is 14.0. The van der Waals surface area contributed by atoms with Gasteiger partial charge in [-0.3, -0.25) is 4.79 Å². The van der Waals surface area contributed by atoms with E-state index in [2.05, 4.69) is 5.10 Å². The van der Waals surface area contributed by atoms with E-state index in [1.165, 1.54) is 4.68 Å². The molecule has 0 saturated heterocycles. The number of hydrogen-bond donors (Lipinski definition) is 0. The van der Waals surface area contributed by atoms with Gasteiger partial charge in [0.25, 0.3) is 0 Å². The van der Waals surface area contributed by atoms with Gasteiger partial charge < -0.3 is 9.47 Å². The van der Waals surface area contributed by atoms with Gasteiger partial charge in [0, 0.05) is 11.8 Å². The molecule has 6 heteroatoms. The number of carbonyl (C=O) groups is 2.